The maximum Gasteiger partial charge on any atom is 0.307 e. The Kier molecular flexibility index (Phi) is 5.37. The highest BCUT2D eigenvalue weighted by Gasteiger charge is 2.14. The van der Waals surface area contributed by atoms with Gasteiger partial charge in [-0.3, -0.25) is 4.79 Å². The summed E-state index contributed by atoms with van der Waals surface area (Å²) in [6.07, 6.45) is 0.288. The van der Waals surface area contributed by atoms with E-state index in [-0.39, 0.29) is 17.4 Å². The van der Waals surface area contributed by atoms with Gasteiger partial charge in [0.05, 0.1) is 24.1 Å². The van der Waals surface area contributed by atoms with Crippen LogP contribution in [0, 0.1) is 0 Å². The van der Waals surface area contributed by atoms with Crippen LogP contribution >= 0.6 is 23.8 Å². The zero-order valence-corrected chi connectivity index (χ0v) is 11.8. The highest BCUT2D eigenvalue weighted by molar-refractivity contribution is 7.80. The molecular weight excluding hydrogens is 272 g/mol. The standard InChI is InChI=1S/C12H15ClN2O2S/c1-15(7-6-10(16)17-2)9-5-3-4-8(13)11(9)12(14)18/h3-5H,6-7H2,1-2H3,(H2,14,18). The Morgan fingerprint density at radius 1 is 1.56 bits per heavy atom. The maximum atomic E-state index is 11.1. The number of nitrogens with zero attached hydrogens (tertiary/aromatic N) is 1. The van der Waals surface area contributed by atoms with Crippen molar-refractivity contribution in [3.05, 3.63) is 28.8 Å². The lowest BCUT2D eigenvalue weighted by Gasteiger charge is -2.22. The summed E-state index contributed by atoms with van der Waals surface area (Å²) in [7, 11) is 3.21. The van der Waals surface area contributed by atoms with Crippen molar-refractivity contribution >= 4 is 40.5 Å². The van der Waals surface area contributed by atoms with E-state index in [1.807, 2.05) is 24.1 Å². The molecule has 0 bridgehead atoms. The fraction of sp³-hybridized carbons (Fsp3) is 0.333. The summed E-state index contributed by atoms with van der Waals surface area (Å²) in [6, 6.07) is 5.40. The Balaban J connectivity index is 2.92. The fourth-order valence-electron chi connectivity index (χ4n) is 1.56. The van der Waals surface area contributed by atoms with Crippen molar-refractivity contribution in [3.63, 3.8) is 0 Å². The Bertz CT molecular complexity index is 465. The van der Waals surface area contributed by atoms with Crippen LogP contribution in [0.5, 0.6) is 0 Å². The number of hydrogen-bond donors (Lipinski definition) is 1. The van der Waals surface area contributed by atoms with Gasteiger partial charge in [-0.05, 0) is 12.1 Å². The van der Waals surface area contributed by atoms with E-state index in [0.717, 1.165) is 5.69 Å². The largest absolute Gasteiger partial charge is 0.469 e. The van der Waals surface area contributed by atoms with Gasteiger partial charge in [0.2, 0.25) is 0 Å². The van der Waals surface area contributed by atoms with E-state index in [4.69, 9.17) is 29.6 Å². The number of carbonyl (C=O) groups is 1. The molecule has 18 heavy (non-hydrogen) atoms. The third-order valence-corrected chi connectivity index (χ3v) is 3.05. The zero-order valence-electron chi connectivity index (χ0n) is 10.3. The van der Waals surface area contributed by atoms with Gasteiger partial charge in [-0.2, -0.15) is 0 Å². The van der Waals surface area contributed by atoms with Crippen molar-refractivity contribution in [2.75, 3.05) is 25.6 Å². The predicted molar refractivity (Wildman–Crippen MR) is 77.2 cm³/mol. The molecule has 0 amide bonds. The fourth-order valence-corrected chi connectivity index (χ4v) is 2.10. The minimum absolute atomic E-state index is 0.237. The first-order valence-electron chi connectivity index (χ1n) is 5.33. The van der Waals surface area contributed by atoms with Crippen molar-refractivity contribution in [1.82, 2.24) is 0 Å². The lowest BCUT2D eigenvalue weighted by atomic mass is 10.1. The average molecular weight is 287 g/mol. The van der Waals surface area contributed by atoms with Crippen LogP contribution in [0.25, 0.3) is 0 Å². The summed E-state index contributed by atoms with van der Waals surface area (Å²) >= 11 is 11.1. The van der Waals surface area contributed by atoms with Gasteiger partial charge in [0.1, 0.15) is 4.99 Å². The average Bonchev–Trinajstić information content (AvgIpc) is 2.34. The van der Waals surface area contributed by atoms with E-state index in [1.54, 1.807) is 6.07 Å². The Morgan fingerprint density at radius 3 is 2.78 bits per heavy atom. The van der Waals surface area contributed by atoms with Gasteiger partial charge in [0.25, 0.3) is 0 Å². The van der Waals surface area contributed by atoms with Crippen LogP contribution in [0.15, 0.2) is 18.2 Å². The molecule has 0 aliphatic heterocycles. The van der Waals surface area contributed by atoms with Crippen molar-refractivity contribution in [2.24, 2.45) is 5.73 Å². The molecule has 0 unspecified atom stereocenters. The van der Waals surface area contributed by atoms with E-state index in [2.05, 4.69) is 4.74 Å². The summed E-state index contributed by atoms with van der Waals surface area (Å²) in [4.78, 5) is 13.2. The summed E-state index contributed by atoms with van der Waals surface area (Å²) in [5.41, 5.74) is 7.09. The Hall–Kier alpha value is -1.33. The predicted octanol–water partition coefficient (Wildman–Crippen LogP) is 1.97. The quantitative estimate of drug-likeness (QED) is 0.662. The van der Waals surface area contributed by atoms with Gasteiger partial charge in [0, 0.05) is 19.3 Å². The first-order chi connectivity index (χ1) is 8.47. The normalized spacial score (nSPS) is 9.94. The molecule has 1 aromatic carbocycles. The van der Waals surface area contributed by atoms with Crippen molar-refractivity contribution in [3.8, 4) is 0 Å². The molecule has 0 aliphatic carbocycles. The number of nitrogens with two attached hydrogens (primary N) is 1. The number of halogens is 1. The second-order valence-electron chi connectivity index (χ2n) is 3.75. The molecule has 6 heteroatoms. The molecule has 1 rings (SSSR count). The molecule has 0 aliphatic rings. The van der Waals surface area contributed by atoms with Crippen LogP contribution in [-0.2, 0) is 9.53 Å². The lowest BCUT2D eigenvalue weighted by Crippen LogP contribution is -2.25. The van der Waals surface area contributed by atoms with Crippen molar-refractivity contribution in [2.45, 2.75) is 6.42 Å². The Morgan fingerprint density at radius 2 is 2.22 bits per heavy atom. The van der Waals surface area contributed by atoms with E-state index in [0.29, 0.717) is 17.1 Å². The molecule has 0 radical (unpaired) electrons. The topological polar surface area (TPSA) is 55.6 Å². The Labute approximate surface area is 117 Å². The molecule has 2 N–H and O–H groups in total. The second-order valence-corrected chi connectivity index (χ2v) is 4.59. The van der Waals surface area contributed by atoms with E-state index < -0.39 is 0 Å². The van der Waals surface area contributed by atoms with Crippen molar-refractivity contribution in [1.29, 1.82) is 0 Å². The molecule has 0 heterocycles. The molecule has 1 aromatic rings. The van der Waals surface area contributed by atoms with Crippen LogP contribution in [0.3, 0.4) is 0 Å². The molecule has 0 spiro atoms. The van der Waals surface area contributed by atoms with E-state index in [1.165, 1.54) is 7.11 Å². The molecule has 0 aromatic heterocycles. The van der Waals surface area contributed by atoms with E-state index in [9.17, 15) is 4.79 Å². The third-order valence-electron chi connectivity index (χ3n) is 2.53. The number of benzene rings is 1. The smallest absolute Gasteiger partial charge is 0.307 e. The van der Waals surface area contributed by atoms with Gasteiger partial charge in [-0.1, -0.05) is 29.9 Å². The zero-order chi connectivity index (χ0) is 13.7. The van der Waals surface area contributed by atoms with Gasteiger partial charge in [-0.15, -0.1) is 0 Å². The van der Waals surface area contributed by atoms with Gasteiger partial charge >= 0.3 is 5.97 Å². The highest BCUT2D eigenvalue weighted by atomic mass is 35.5. The summed E-state index contributed by atoms with van der Waals surface area (Å²) in [5.74, 6) is -0.263. The van der Waals surface area contributed by atoms with E-state index >= 15 is 0 Å². The molecular formula is C12H15ClN2O2S. The van der Waals surface area contributed by atoms with Crippen LogP contribution in [0.2, 0.25) is 5.02 Å². The monoisotopic (exact) mass is 286 g/mol. The number of ether oxygens (including phenoxy) is 1. The van der Waals surface area contributed by atoms with Crippen LogP contribution < -0.4 is 10.6 Å². The van der Waals surface area contributed by atoms with Gasteiger partial charge in [0.15, 0.2) is 0 Å². The summed E-state index contributed by atoms with van der Waals surface area (Å²) in [6.45, 7) is 0.503. The van der Waals surface area contributed by atoms with Crippen LogP contribution in [0.1, 0.15) is 12.0 Å². The number of rotatable bonds is 5. The minimum Gasteiger partial charge on any atom is -0.469 e. The first-order valence-corrected chi connectivity index (χ1v) is 6.12. The number of methoxy groups -OCH3 is 1. The molecule has 4 nitrogen and oxygen atoms in total. The number of carbonyl (C=O) groups excluding carboxylic acids is 1. The highest BCUT2D eigenvalue weighted by Crippen LogP contribution is 2.26. The van der Waals surface area contributed by atoms with Gasteiger partial charge in [-0.25, -0.2) is 0 Å². The lowest BCUT2D eigenvalue weighted by molar-refractivity contribution is -0.140. The van der Waals surface area contributed by atoms with Crippen LogP contribution in [0.4, 0.5) is 5.69 Å². The minimum atomic E-state index is -0.263. The summed E-state index contributed by atoms with van der Waals surface area (Å²) in [5, 5.41) is 0.505. The SMILES string of the molecule is COC(=O)CCN(C)c1cccc(Cl)c1C(N)=S. The number of esters is 1. The molecule has 0 fully saturated rings. The number of hydrogen-bond acceptors (Lipinski definition) is 4. The number of thiocarbonyl (C=S) groups is 1. The summed E-state index contributed by atoms with van der Waals surface area (Å²) < 4.78 is 4.60. The first kappa shape index (κ1) is 14.7. The maximum absolute atomic E-state index is 11.1. The molecule has 0 saturated carbocycles. The van der Waals surface area contributed by atoms with Crippen LogP contribution in [-0.4, -0.2) is 31.7 Å². The third kappa shape index (κ3) is 3.58. The second kappa shape index (κ2) is 6.56. The molecule has 0 saturated heterocycles. The van der Waals surface area contributed by atoms with Crippen molar-refractivity contribution < 1.29 is 9.53 Å². The number of anilines is 1. The molecule has 98 valence electrons. The molecule has 0 atom stereocenters. The van der Waals surface area contributed by atoms with Gasteiger partial charge < -0.3 is 15.4 Å².